The topological polar surface area (TPSA) is 118 Å². The molecule has 0 spiro atoms. The van der Waals surface area contributed by atoms with Gasteiger partial charge in [0, 0.05) is 42.6 Å². The van der Waals surface area contributed by atoms with Gasteiger partial charge >= 0.3 is 0 Å². The fourth-order valence-corrected chi connectivity index (χ4v) is 6.50. The van der Waals surface area contributed by atoms with Crippen LogP contribution in [0.1, 0.15) is 59.8 Å². The van der Waals surface area contributed by atoms with Crippen molar-refractivity contribution in [1.82, 2.24) is 20.4 Å². The standard InChI is InChI=1S/C30H61N5O5S2/c1-8-26(3)32-27(13-10-11-15-31)29(37)33-28(36)14-12-24-41-42-30(4,5)25-35(7)17-19-39-21-23-40-22-20-38-18-16-34(6)9-2/h8,26-27,32H,1,9-25,31H2,2-7H3,(H,33,36,37)/t26?,27-/m0/s1. The zero-order valence-electron chi connectivity index (χ0n) is 27.3. The molecule has 0 saturated heterocycles. The molecule has 0 fully saturated rings. The molecule has 10 nitrogen and oxygen atoms in total. The predicted octanol–water partition coefficient (Wildman–Crippen LogP) is 3.16. The lowest BCUT2D eigenvalue weighted by Gasteiger charge is -2.29. The Hall–Kier alpha value is -0.700. The van der Waals surface area contributed by atoms with E-state index in [1.807, 2.05) is 17.7 Å². The zero-order valence-corrected chi connectivity index (χ0v) is 28.9. The van der Waals surface area contributed by atoms with Crippen molar-refractivity contribution in [3.63, 3.8) is 0 Å². The molecule has 248 valence electrons. The van der Waals surface area contributed by atoms with Gasteiger partial charge in [-0.15, -0.1) is 6.58 Å². The van der Waals surface area contributed by atoms with Gasteiger partial charge in [-0.05, 0) is 67.2 Å². The van der Waals surface area contributed by atoms with Gasteiger partial charge in [0.2, 0.25) is 11.8 Å². The minimum atomic E-state index is -0.428. The molecule has 1 unspecified atom stereocenters. The van der Waals surface area contributed by atoms with Gasteiger partial charge in [-0.2, -0.15) is 0 Å². The van der Waals surface area contributed by atoms with Crippen molar-refractivity contribution >= 4 is 33.4 Å². The molecule has 0 aromatic heterocycles. The number of rotatable bonds is 29. The van der Waals surface area contributed by atoms with Crippen molar-refractivity contribution < 1.29 is 23.8 Å². The van der Waals surface area contributed by atoms with Crippen molar-refractivity contribution in [2.24, 2.45) is 5.73 Å². The van der Waals surface area contributed by atoms with E-state index in [0.29, 0.717) is 52.4 Å². The number of carbonyl (C=O) groups is 2. The first-order valence-corrected chi connectivity index (χ1v) is 17.7. The van der Waals surface area contributed by atoms with E-state index in [-0.39, 0.29) is 22.6 Å². The Balaban J connectivity index is 3.96. The molecule has 0 aromatic rings. The fourth-order valence-electron chi connectivity index (χ4n) is 3.84. The number of nitrogens with two attached hydrogens (primary N) is 1. The minimum absolute atomic E-state index is 0.0182. The molecule has 12 heteroatoms. The number of nitrogens with zero attached hydrogens (tertiary/aromatic N) is 2. The van der Waals surface area contributed by atoms with Gasteiger partial charge in [0.1, 0.15) is 0 Å². The van der Waals surface area contributed by atoms with Crippen LogP contribution >= 0.6 is 21.6 Å². The van der Waals surface area contributed by atoms with Crippen molar-refractivity contribution in [3.05, 3.63) is 12.7 Å². The van der Waals surface area contributed by atoms with E-state index in [1.165, 1.54) is 0 Å². The second kappa shape index (κ2) is 26.7. The molecule has 2 atom stereocenters. The number of hydrogen-bond donors (Lipinski definition) is 3. The van der Waals surface area contributed by atoms with Crippen molar-refractivity contribution in [1.29, 1.82) is 0 Å². The van der Waals surface area contributed by atoms with Gasteiger partial charge in [-0.3, -0.25) is 20.2 Å². The lowest BCUT2D eigenvalue weighted by atomic mass is 10.1. The molecule has 0 rings (SSSR count). The number of amides is 2. The molecule has 0 aliphatic rings. The highest BCUT2D eigenvalue weighted by Crippen LogP contribution is 2.36. The van der Waals surface area contributed by atoms with Crippen LogP contribution in [0, 0.1) is 0 Å². The Bertz CT molecular complexity index is 705. The van der Waals surface area contributed by atoms with Crippen molar-refractivity contribution in [2.75, 3.05) is 92.2 Å². The fraction of sp³-hybridized carbons (Fsp3) is 0.867. The summed E-state index contributed by atoms with van der Waals surface area (Å²) >= 11 is 0. The van der Waals surface area contributed by atoms with E-state index in [4.69, 9.17) is 19.9 Å². The molecule has 0 bridgehead atoms. The van der Waals surface area contributed by atoms with E-state index in [0.717, 1.165) is 57.8 Å². The molecule has 0 heterocycles. The monoisotopic (exact) mass is 635 g/mol. The highest BCUT2D eigenvalue weighted by molar-refractivity contribution is 8.77. The Morgan fingerprint density at radius 1 is 0.976 bits per heavy atom. The summed E-state index contributed by atoms with van der Waals surface area (Å²) < 4.78 is 16.9. The number of imide groups is 1. The maximum Gasteiger partial charge on any atom is 0.243 e. The Morgan fingerprint density at radius 3 is 2.14 bits per heavy atom. The van der Waals surface area contributed by atoms with Crippen LogP contribution in [-0.4, -0.2) is 131 Å². The summed E-state index contributed by atoms with van der Waals surface area (Å²) in [6, 6.07) is -0.446. The highest BCUT2D eigenvalue weighted by atomic mass is 33.1. The third kappa shape index (κ3) is 24.7. The second-order valence-corrected chi connectivity index (χ2v) is 14.3. The van der Waals surface area contributed by atoms with Crippen LogP contribution in [-0.2, 0) is 23.8 Å². The summed E-state index contributed by atoms with van der Waals surface area (Å²) in [7, 11) is 7.79. The quantitative estimate of drug-likeness (QED) is 0.0639. The molecule has 42 heavy (non-hydrogen) atoms. The Morgan fingerprint density at radius 2 is 1.57 bits per heavy atom. The molecule has 0 aromatic carbocycles. The summed E-state index contributed by atoms with van der Waals surface area (Å²) in [5.41, 5.74) is 5.58. The molecule has 2 amide bonds. The smallest absolute Gasteiger partial charge is 0.243 e. The lowest BCUT2D eigenvalue weighted by Crippen LogP contribution is -2.48. The summed E-state index contributed by atoms with van der Waals surface area (Å²) in [6.07, 6.45) is 5.11. The third-order valence-corrected chi connectivity index (χ3v) is 9.79. The lowest BCUT2D eigenvalue weighted by molar-refractivity contribution is -0.131. The predicted molar refractivity (Wildman–Crippen MR) is 179 cm³/mol. The highest BCUT2D eigenvalue weighted by Gasteiger charge is 2.22. The number of carbonyl (C=O) groups excluding carboxylic acids is 2. The Labute approximate surface area is 264 Å². The first-order chi connectivity index (χ1) is 20.0. The molecular weight excluding hydrogens is 574 g/mol. The van der Waals surface area contributed by atoms with Gasteiger partial charge in [0.25, 0.3) is 0 Å². The van der Waals surface area contributed by atoms with Crippen LogP contribution < -0.4 is 16.4 Å². The number of nitrogens with one attached hydrogen (secondary N) is 2. The molecule has 0 aliphatic heterocycles. The van der Waals surface area contributed by atoms with Gasteiger partial charge < -0.3 is 29.7 Å². The largest absolute Gasteiger partial charge is 0.378 e. The molecular formula is C30H61N5O5S2. The molecule has 4 N–H and O–H groups in total. The van der Waals surface area contributed by atoms with Gasteiger partial charge in [-0.1, -0.05) is 41.0 Å². The maximum atomic E-state index is 12.6. The van der Waals surface area contributed by atoms with Crippen LogP contribution in [0.2, 0.25) is 0 Å². The first kappa shape index (κ1) is 41.3. The van der Waals surface area contributed by atoms with Crippen LogP contribution in [0.5, 0.6) is 0 Å². The van der Waals surface area contributed by atoms with Crippen molar-refractivity contribution in [2.45, 2.75) is 76.6 Å². The Kier molecular flexibility index (Phi) is 26.2. The molecule has 0 radical (unpaired) electrons. The summed E-state index contributed by atoms with van der Waals surface area (Å²) in [5.74, 6) is 0.342. The van der Waals surface area contributed by atoms with E-state index in [9.17, 15) is 9.59 Å². The first-order valence-electron chi connectivity index (χ1n) is 15.4. The zero-order chi connectivity index (χ0) is 31.6. The second-order valence-electron chi connectivity index (χ2n) is 11.2. The maximum absolute atomic E-state index is 12.6. The summed E-state index contributed by atoms with van der Waals surface area (Å²) in [5, 5.41) is 5.79. The average Bonchev–Trinajstić information content (AvgIpc) is 2.94. The summed E-state index contributed by atoms with van der Waals surface area (Å²) in [6.45, 7) is 20.4. The van der Waals surface area contributed by atoms with Gasteiger partial charge in [-0.25, -0.2) is 0 Å². The minimum Gasteiger partial charge on any atom is -0.378 e. The van der Waals surface area contributed by atoms with Gasteiger partial charge in [0.05, 0.1) is 45.7 Å². The van der Waals surface area contributed by atoms with E-state index in [2.05, 4.69) is 61.9 Å². The van der Waals surface area contributed by atoms with Crippen LogP contribution in [0.4, 0.5) is 0 Å². The SMILES string of the molecule is C=CC(C)N[C@@H](CCCCN)C(=O)NC(=O)CCCSSC(C)(C)CN(C)CCOCCOCCOCCN(C)CC. The van der Waals surface area contributed by atoms with Crippen molar-refractivity contribution in [3.8, 4) is 0 Å². The van der Waals surface area contributed by atoms with E-state index < -0.39 is 6.04 Å². The average molecular weight is 636 g/mol. The van der Waals surface area contributed by atoms with Crippen LogP contribution in [0.3, 0.4) is 0 Å². The molecule has 0 saturated carbocycles. The van der Waals surface area contributed by atoms with Crippen LogP contribution in [0.25, 0.3) is 0 Å². The number of unbranched alkanes of at least 4 members (excludes halogenated alkanes) is 1. The van der Waals surface area contributed by atoms with E-state index >= 15 is 0 Å². The number of hydrogen-bond acceptors (Lipinski definition) is 11. The molecule has 0 aliphatic carbocycles. The number of likely N-dealkylation sites (N-methyl/N-ethyl adjacent to an activating group) is 2. The third-order valence-electron chi connectivity index (χ3n) is 6.43. The summed E-state index contributed by atoms with van der Waals surface area (Å²) in [4.78, 5) is 29.5. The van der Waals surface area contributed by atoms with E-state index in [1.54, 1.807) is 16.9 Å². The van der Waals surface area contributed by atoms with Gasteiger partial charge in [0.15, 0.2) is 0 Å². The van der Waals surface area contributed by atoms with Crippen LogP contribution in [0.15, 0.2) is 12.7 Å². The number of ether oxygens (including phenoxy) is 3. The normalized spacial score (nSPS) is 13.5.